The van der Waals surface area contributed by atoms with Crippen molar-refractivity contribution in [3.8, 4) is 0 Å². The Morgan fingerprint density at radius 3 is 2.62 bits per heavy atom. The lowest BCUT2D eigenvalue weighted by Gasteiger charge is -2.37. The molecule has 0 bridgehead atoms. The molecule has 1 N–H and O–H groups in total. The van der Waals surface area contributed by atoms with Crippen molar-refractivity contribution in [3.63, 3.8) is 0 Å². The number of amides is 1. The van der Waals surface area contributed by atoms with Crippen LogP contribution in [0.2, 0.25) is 0 Å². The van der Waals surface area contributed by atoms with Crippen molar-refractivity contribution in [3.05, 3.63) is 35.4 Å². The maximum atomic E-state index is 12.8. The van der Waals surface area contributed by atoms with Crippen molar-refractivity contribution in [1.29, 1.82) is 0 Å². The summed E-state index contributed by atoms with van der Waals surface area (Å²) in [5.41, 5.74) is 2.71. The fourth-order valence-electron chi connectivity index (χ4n) is 3.90. The molecular weight excluding hydrogens is 262 g/mol. The van der Waals surface area contributed by atoms with Gasteiger partial charge in [0, 0.05) is 13.0 Å². The number of aryl methyl sites for hydroxylation is 1. The molecule has 0 aromatic heterocycles. The molecule has 21 heavy (non-hydrogen) atoms. The predicted octanol–water partition coefficient (Wildman–Crippen LogP) is 2.55. The van der Waals surface area contributed by atoms with E-state index in [1.165, 1.54) is 11.1 Å². The average Bonchev–Trinajstić information content (AvgIpc) is 2.53. The van der Waals surface area contributed by atoms with E-state index < -0.39 is 0 Å². The maximum Gasteiger partial charge on any atom is 0.226 e. The number of benzene rings is 1. The van der Waals surface area contributed by atoms with Crippen LogP contribution in [0.1, 0.15) is 43.2 Å². The number of carbonyl (C=O) groups excluding carboxylic acids is 1. The summed E-state index contributed by atoms with van der Waals surface area (Å²) in [4.78, 5) is 14.6. The van der Waals surface area contributed by atoms with Crippen molar-refractivity contribution in [1.82, 2.24) is 4.90 Å². The summed E-state index contributed by atoms with van der Waals surface area (Å²) in [6.07, 6.45) is 6.40. The van der Waals surface area contributed by atoms with Gasteiger partial charge >= 0.3 is 0 Å². The predicted molar refractivity (Wildman–Crippen MR) is 83.0 cm³/mol. The van der Waals surface area contributed by atoms with E-state index in [1.54, 1.807) is 0 Å². The molecule has 1 fully saturated rings. The third-order valence-electron chi connectivity index (χ3n) is 5.24. The minimum atomic E-state index is -0.344. The zero-order valence-electron chi connectivity index (χ0n) is 12.8. The van der Waals surface area contributed by atoms with E-state index in [1.807, 2.05) is 11.9 Å². The minimum Gasteiger partial charge on any atom is -0.391 e. The van der Waals surface area contributed by atoms with Gasteiger partial charge in [-0.15, -0.1) is 0 Å². The standard InChI is InChI=1S/C18H25NO2/c1-19(16-8-4-5-9-17(16)20)18(21)15-11-10-13-6-2-3-7-14(13)12-15/h2-3,6-7,15-17,20H,4-5,8-12H2,1H3. The first-order valence-corrected chi connectivity index (χ1v) is 8.18. The molecule has 3 atom stereocenters. The summed E-state index contributed by atoms with van der Waals surface area (Å²) < 4.78 is 0. The highest BCUT2D eigenvalue weighted by atomic mass is 16.3. The first-order chi connectivity index (χ1) is 10.2. The SMILES string of the molecule is CN(C(=O)C1CCc2ccccc2C1)C1CCCCC1O. The van der Waals surface area contributed by atoms with E-state index in [2.05, 4.69) is 24.3 Å². The molecular formula is C18H25NO2. The fraction of sp³-hybridized carbons (Fsp3) is 0.611. The highest BCUT2D eigenvalue weighted by Crippen LogP contribution is 2.29. The molecule has 3 rings (SSSR count). The molecule has 0 heterocycles. The van der Waals surface area contributed by atoms with Gasteiger partial charge in [-0.2, -0.15) is 0 Å². The van der Waals surface area contributed by atoms with Crippen LogP contribution in [0, 0.1) is 5.92 Å². The number of likely N-dealkylation sites (N-methyl/N-ethyl adjacent to an activating group) is 1. The lowest BCUT2D eigenvalue weighted by Crippen LogP contribution is -2.49. The number of aliphatic hydroxyl groups excluding tert-OH is 1. The molecule has 2 aliphatic rings. The molecule has 0 spiro atoms. The van der Waals surface area contributed by atoms with E-state index >= 15 is 0 Å². The second kappa shape index (κ2) is 6.18. The Morgan fingerprint density at radius 1 is 1.14 bits per heavy atom. The Kier molecular flexibility index (Phi) is 4.29. The molecule has 114 valence electrons. The molecule has 0 radical (unpaired) electrons. The van der Waals surface area contributed by atoms with Crippen LogP contribution in [-0.2, 0) is 17.6 Å². The van der Waals surface area contributed by atoms with Gasteiger partial charge in [-0.1, -0.05) is 37.1 Å². The number of fused-ring (bicyclic) bond motifs is 1. The van der Waals surface area contributed by atoms with Crippen LogP contribution in [-0.4, -0.2) is 35.1 Å². The molecule has 3 heteroatoms. The monoisotopic (exact) mass is 287 g/mol. The lowest BCUT2D eigenvalue weighted by molar-refractivity contribution is -0.140. The van der Waals surface area contributed by atoms with Gasteiger partial charge in [0.05, 0.1) is 12.1 Å². The van der Waals surface area contributed by atoms with Gasteiger partial charge in [-0.25, -0.2) is 0 Å². The zero-order valence-corrected chi connectivity index (χ0v) is 12.8. The molecule has 1 aromatic rings. The number of hydrogen-bond donors (Lipinski definition) is 1. The zero-order chi connectivity index (χ0) is 14.8. The highest BCUT2D eigenvalue weighted by Gasteiger charge is 2.33. The molecule has 1 saturated carbocycles. The summed E-state index contributed by atoms with van der Waals surface area (Å²) in [6.45, 7) is 0. The minimum absolute atomic E-state index is 0.0171. The largest absolute Gasteiger partial charge is 0.391 e. The van der Waals surface area contributed by atoms with Crippen molar-refractivity contribution in [2.45, 2.75) is 57.1 Å². The van der Waals surface area contributed by atoms with E-state index in [9.17, 15) is 9.90 Å². The van der Waals surface area contributed by atoms with Gasteiger partial charge in [-0.3, -0.25) is 4.79 Å². The first kappa shape index (κ1) is 14.6. The quantitative estimate of drug-likeness (QED) is 0.908. The second-order valence-electron chi connectivity index (χ2n) is 6.58. The Morgan fingerprint density at radius 2 is 1.86 bits per heavy atom. The van der Waals surface area contributed by atoms with Crippen molar-refractivity contribution in [2.75, 3.05) is 7.05 Å². The van der Waals surface area contributed by atoms with Crippen LogP contribution in [0.4, 0.5) is 0 Å². The normalized spacial score (nSPS) is 28.8. The average molecular weight is 287 g/mol. The number of aliphatic hydroxyl groups is 1. The van der Waals surface area contributed by atoms with E-state index in [0.29, 0.717) is 0 Å². The van der Waals surface area contributed by atoms with Gasteiger partial charge in [0.25, 0.3) is 0 Å². The van der Waals surface area contributed by atoms with Crippen LogP contribution in [0.3, 0.4) is 0 Å². The Hall–Kier alpha value is -1.35. The second-order valence-corrected chi connectivity index (χ2v) is 6.58. The molecule has 0 aliphatic heterocycles. The van der Waals surface area contributed by atoms with Gasteiger partial charge < -0.3 is 10.0 Å². The molecule has 0 saturated heterocycles. The van der Waals surface area contributed by atoms with Crippen LogP contribution in [0.5, 0.6) is 0 Å². The van der Waals surface area contributed by atoms with Gasteiger partial charge in [0.15, 0.2) is 0 Å². The third kappa shape index (κ3) is 2.98. The van der Waals surface area contributed by atoms with Crippen LogP contribution >= 0.6 is 0 Å². The van der Waals surface area contributed by atoms with Crippen LogP contribution in [0.25, 0.3) is 0 Å². The number of carbonyl (C=O) groups is 1. The third-order valence-corrected chi connectivity index (χ3v) is 5.24. The topological polar surface area (TPSA) is 40.5 Å². The summed E-state index contributed by atoms with van der Waals surface area (Å²) >= 11 is 0. The summed E-state index contributed by atoms with van der Waals surface area (Å²) in [5.74, 6) is 0.300. The van der Waals surface area contributed by atoms with E-state index in [4.69, 9.17) is 0 Å². The molecule has 1 aromatic carbocycles. The highest BCUT2D eigenvalue weighted by molar-refractivity contribution is 5.79. The Labute approximate surface area is 127 Å². The molecule has 3 unspecified atom stereocenters. The number of hydrogen-bond acceptors (Lipinski definition) is 2. The van der Waals surface area contributed by atoms with E-state index in [0.717, 1.165) is 44.9 Å². The molecule has 2 aliphatic carbocycles. The maximum absolute atomic E-state index is 12.8. The fourth-order valence-corrected chi connectivity index (χ4v) is 3.90. The van der Waals surface area contributed by atoms with Gasteiger partial charge in [-0.05, 0) is 43.2 Å². The van der Waals surface area contributed by atoms with Gasteiger partial charge in [0.1, 0.15) is 0 Å². The Bertz CT molecular complexity index is 514. The van der Waals surface area contributed by atoms with E-state index in [-0.39, 0.29) is 24.0 Å². The van der Waals surface area contributed by atoms with Crippen LogP contribution < -0.4 is 0 Å². The summed E-state index contributed by atoms with van der Waals surface area (Å²) in [7, 11) is 1.88. The lowest BCUT2D eigenvalue weighted by atomic mass is 9.82. The summed E-state index contributed by atoms with van der Waals surface area (Å²) in [5, 5.41) is 10.2. The summed E-state index contributed by atoms with van der Waals surface area (Å²) in [6, 6.07) is 8.46. The Balaban J connectivity index is 1.68. The molecule has 3 nitrogen and oxygen atoms in total. The van der Waals surface area contributed by atoms with Gasteiger partial charge in [0.2, 0.25) is 5.91 Å². The smallest absolute Gasteiger partial charge is 0.226 e. The number of rotatable bonds is 2. The van der Waals surface area contributed by atoms with Crippen molar-refractivity contribution >= 4 is 5.91 Å². The first-order valence-electron chi connectivity index (χ1n) is 8.18. The van der Waals surface area contributed by atoms with Crippen molar-refractivity contribution in [2.24, 2.45) is 5.92 Å². The van der Waals surface area contributed by atoms with Crippen LogP contribution in [0.15, 0.2) is 24.3 Å². The molecule has 1 amide bonds. The van der Waals surface area contributed by atoms with Crippen molar-refractivity contribution < 1.29 is 9.90 Å². The number of nitrogens with zero attached hydrogens (tertiary/aromatic N) is 1.